The van der Waals surface area contributed by atoms with Gasteiger partial charge in [-0.3, -0.25) is 9.97 Å². The number of nitrogens with one attached hydrogen (secondary N) is 1. The van der Waals surface area contributed by atoms with Crippen molar-refractivity contribution in [1.82, 2.24) is 34.5 Å². The van der Waals surface area contributed by atoms with Crippen LogP contribution >= 0.6 is 0 Å². The zero-order valence-electron chi connectivity index (χ0n) is 17.6. The van der Waals surface area contributed by atoms with Crippen molar-refractivity contribution in [3.8, 4) is 22.6 Å². The van der Waals surface area contributed by atoms with Gasteiger partial charge in [-0.25, -0.2) is 14.5 Å². The molecule has 7 nitrogen and oxygen atoms in total. The zero-order valence-corrected chi connectivity index (χ0v) is 17.6. The summed E-state index contributed by atoms with van der Waals surface area (Å²) in [7, 11) is 0. The first-order chi connectivity index (χ1) is 15.2. The number of H-pyrrole nitrogens is 1. The van der Waals surface area contributed by atoms with E-state index in [1.807, 2.05) is 55.8 Å². The Kier molecular flexibility index (Phi) is 5.00. The summed E-state index contributed by atoms with van der Waals surface area (Å²) < 4.78 is 1.76. The Morgan fingerprint density at radius 1 is 1.00 bits per heavy atom. The van der Waals surface area contributed by atoms with Crippen molar-refractivity contribution in [3.05, 3.63) is 84.0 Å². The van der Waals surface area contributed by atoms with E-state index >= 15 is 0 Å². The Labute approximate surface area is 180 Å². The molecule has 0 aliphatic carbocycles. The number of nitrogens with zero attached hydrogens (tertiary/aromatic N) is 6. The number of aryl methyl sites for hydroxylation is 4. The van der Waals surface area contributed by atoms with Gasteiger partial charge in [-0.2, -0.15) is 5.10 Å². The Balaban J connectivity index is 1.53. The summed E-state index contributed by atoms with van der Waals surface area (Å²) in [6.07, 6.45) is 10.0. The van der Waals surface area contributed by atoms with Crippen LogP contribution in [0.5, 0.6) is 0 Å². The van der Waals surface area contributed by atoms with Crippen LogP contribution in [0.15, 0.2) is 61.3 Å². The summed E-state index contributed by atoms with van der Waals surface area (Å²) in [5.41, 5.74) is 7.87. The quantitative estimate of drug-likeness (QED) is 0.454. The fourth-order valence-electron chi connectivity index (χ4n) is 3.71. The van der Waals surface area contributed by atoms with Crippen LogP contribution in [0.3, 0.4) is 0 Å². The Hall–Kier alpha value is -3.87. The molecule has 0 fully saturated rings. The molecule has 0 amide bonds. The summed E-state index contributed by atoms with van der Waals surface area (Å²) >= 11 is 0. The fourth-order valence-corrected chi connectivity index (χ4v) is 3.71. The molecule has 1 N–H and O–H groups in total. The molecule has 0 aromatic carbocycles. The summed E-state index contributed by atoms with van der Waals surface area (Å²) in [6, 6.07) is 12.2. The zero-order chi connectivity index (χ0) is 21.2. The van der Waals surface area contributed by atoms with Crippen LogP contribution in [-0.4, -0.2) is 34.5 Å². The van der Waals surface area contributed by atoms with Crippen molar-refractivity contribution < 1.29 is 0 Å². The van der Waals surface area contributed by atoms with Crippen molar-refractivity contribution in [1.29, 1.82) is 0 Å². The van der Waals surface area contributed by atoms with Gasteiger partial charge in [0.05, 0.1) is 17.1 Å². The molecule has 0 radical (unpaired) electrons. The van der Waals surface area contributed by atoms with E-state index in [9.17, 15) is 0 Å². The van der Waals surface area contributed by atoms with Crippen molar-refractivity contribution in [3.63, 3.8) is 0 Å². The smallest absolute Gasteiger partial charge is 0.155 e. The van der Waals surface area contributed by atoms with Crippen LogP contribution in [0.2, 0.25) is 0 Å². The molecule has 154 valence electrons. The molecule has 31 heavy (non-hydrogen) atoms. The molecule has 0 aliphatic heterocycles. The third kappa shape index (κ3) is 3.94. The summed E-state index contributed by atoms with van der Waals surface area (Å²) in [4.78, 5) is 21.8. The highest BCUT2D eigenvalue weighted by Gasteiger charge is 2.16. The van der Waals surface area contributed by atoms with Gasteiger partial charge in [0.25, 0.3) is 0 Å². The maximum absolute atomic E-state index is 4.96. The lowest BCUT2D eigenvalue weighted by molar-refractivity contribution is 0.875. The number of hydrogen-bond donors (Lipinski definition) is 1. The largest absolute Gasteiger partial charge is 0.340 e. The molecule has 0 atom stereocenters. The number of fused-ring (bicyclic) bond motifs is 1. The molecule has 0 bridgehead atoms. The van der Waals surface area contributed by atoms with Crippen molar-refractivity contribution >= 4 is 5.65 Å². The highest BCUT2D eigenvalue weighted by atomic mass is 15.3. The number of aromatic nitrogens is 7. The van der Waals surface area contributed by atoms with E-state index in [0.29, 0.717) is 0 Å². The molecule has 0 saturated carbocycles. The Bertz CT molecular complexity index is 1350. The molecule has 5 aromatic heterocycles. The van der Waals surface area contributed by atoms with E-state index in [1.54, 1.807) is 10.8 Å². The van der Waals surface area contributed by atoms with Gasteiger partial charge in [0, 0.05) is 36.3 Å². The molecule has 0 aliphatic rings. The highest BCUT2D eigenvalue weighted by molar-refractivity contribution is 5.77. The second-order valence-electron chi connectivity index (χ2n) is 7.61. The van der Waals surface area contributed by atoms with E-state index in [0.717, 1.165) is 59.1 Å². The second-order valence-corrected chi connectivity index (χ2v) is 7.61. The Morgan fingerprint density at radius 3 is 2.77 bits per heavy atom. The lowest BCUT2D eigenvalue weighted by atomic mass is 10.1. The van der Waals surface area contributed by atoms with Gasteiger partial charge in [-0.05, 0) is 55.2 Å². The topological polar surface area (TPSA) is 84.7 Å². The first kappa shape index (κ1) is 19.1. The van der Waals surface area contributed by atoms with Crippen LogP contribution < -0.4 is 0 Å². The number of hydrogen-bond acceptors (Lipinski definition) is 5. The molecule has 0 saturated heterocycles. The number of rotatable bonds is 6. The van der Waals surface area contributed by atoms with Gasteiger partial charge in [-0.1, -0.05) is 19.1 Å². The molecule has 0 spiro atoms. The minimum atomic E-state index is 0.791. The normalized spacial score (nSPS) is 11.3. The van der Waals surface area contributed by atoms with Crippen molar-refractivity contribution in [2.45, 2.75) is 33.1 Å². The number of imidazole rings is 1. The molecule has 5 rings (SSSR count). The molecule has 5 aromatic rings. The SMILES string of the molecule is CCc1cncc(CCc2nc(-c3ccc4ncnn4c3)c(-c3cccc(C)n3)[nH]2)c1. The van der Waals surface area contributed by atoms with E-state index in [2.05, 4.69) is 33.0 Å². The molecule has 0 unspecified atom stereocenters. The van der Waals surface area contributed by atoms with Gasteiger partial charge < -0.3 is 4.98 Å². The minimum absolute atomic E-state index is 0.791. The number of aromatic amines is 1. The van der Waals surface area contributed by atoms with Gasteiger partial charge in [0.1, 0.15) is 12.2 Å². The van der Waals surface area contributed by atoms with Crippen LogP contribution in [-0.2, 0) is 19.3 Å². The molecule has 5 heterocycles. The third-order valence-corrected chi connectivity index (χ3v) is 5.36. The standard InChI is InChI=1S/C24H23N7/c1-3-17-11-18(13-25-12-17)7-9-21-29-23(19-8-10-22-26-15-27-31(22)14-19)24(30-21)20-6-4-5-16(2)28-20/h4-6,8,10-15H,3,7,9H2,1-2H3,(H,29,30). The average Bonchev–Trinajstić information content (AvgIpc) is 3.44. The highest BCUT2D eigenvalue weighted by Crippen LogP contribution is 2.29. The van der Waals surface area contributed by atoms with Crippen molar-refractivity contribution in [2.75, 3.05) is 0 Å². The van der Waals surface area contributed by atoms with Gasteiger partial charge >= 0.3 is 0 Å². The van der Waals surface area contributed by atoms with Crippen molar-refractivity contribution in [2.24, 2.45) is 0 Å². The van der Waals surface area contributed by atoms with Crippen LogP contribution in [0, 0.1) is 6.92 Å². The lowest BCUT2D eigenvalue weighted by Gasteiger charge is -2.04. The number of pyridine rings is 3. The van der Waals surface area contributed by atoms with Gasteiger partial charge in [0.15, 0.2) is 5.65 Å². The first-order valence-corrected chi connectivity index (χ1v) is 10.4. The predicted molar refractivity (Wildman–Crippen MR) is 120 cm³/mol. The monoisotopic (exact) mass is 409 g/mol. The third-order valence-electron chi connectivity index (χ3n) is 5.36. The van der Waals surface area contributed by atoms with E-state index < -0.39 is 0 Å². The first-order valence-electron chi connectivity index (χ1n) is 10.4. The summed E-state index contributed by atoms with van der Waals surface area (Å²) in [5.74, 6) is 0.925. The van der Waals surface area contributed by atoms with Gasteiger partial charge in [-0.15, -0.1) is 0 Å². The maximum Gasteiger partial charge on any atom is 0.155 e. The van der Waals surface area contributed by atoms with E-state index in [-0.39, 0.29) is 0 Å². The van der Waals surface area contributed by atoms with E-state index in [4.69, 9.17) is 9.97 Å². The lowest BCUT2D eigenvalue weighted by Crippen LogP contribution is -1.96. The maximum atomic E-state index is 4.96. The second kappa shape index (κ2) is 8.10. The summed E-state index contributed by atoms with van der Waals surface area (Å²) in [6.45, 7) is 4.14. The predicted octanol–water partition coefficient (Wildman–Crippen LogP) is 4.23. The molecular weight excluding hydrogens is 386 g/mol. The Morgan fingerprint density at radius 2 is 1.90 bits per heavy atom. The van der Waals surface area contributed by atoms with Crippen LogP contribution in [0.1, 0.15) is 29.6 Å². The van der Waals surface area contributed by atoms with Gasteiger partial charge in [0.2, 0.25) is 0 Å². The molecule has 7 heteroatoms. The molecular formula is C24H23N7. The van der Waals surface area contributed by atoms with Crippen LogP contribution in [0.25, 0.3) is 28.3 Å². The van der Waals surface area contributed by atoms with Crippen LogP contribution in [0.4, 0.5) is 0 Å². The minimum Gasteiger partial charge on any atom is -0.340 e. The summed E-state index contributed by atoms with van der Waals surface area (Å²) in [5, 5.41) is 4.27. The average molecular weight is 409 g/mol. The fraction of sp³-hybridized carbons (Fsp3) is 0.208. The van der Waals surface area contributed by atoms with E-state index in [1.165, 1.54) is 11.1 Å².